The van der Waals surface area contributed by atoms with Gasteiger partial charge < -0.3 is 27.1 Å². The van der Waals surface area contributed by atoms with E-state index in [4.69, 9.17) is 11.5 Å². The highest BCUT2D eigenvalue weighted by atomic mass is 16.2. The van der Waals surface area contributed by atoms with E-state index in [1.165, 1.54) is 12.7 Å². The van der Waals surface area contributed by atoms with Crippen LogP contribution in [0.1, 0.15) is 30.5 Å². The largest absolute Gasteiger partial charge is 0.351 e. The summed E-state index contributed by atoms with van der Waals surface area (Å²) in [5, 5.41) is 5.38. The Labute approximate surface area is 176 Å². The first-order valence-corrected chi connectivity index (χ1v) is 9.94. The molecule has 0 saturated heterocycles. The van der Waals surface area contributed by atoms with Crippen LogP contribution in [0.15, 0.2) is 42.9 Å². The third-order valence-electron chi connectivity index (χ3n) is 4.52. The Morgan fingerprint density at radius 1 is 1.07 bits per heavy atom. The lowest BCUT2D eigenvalue weighted by Crippen LogP contribution is -2.53. The maximum Gasteiger partial charge on any atom is 0.243 e. The molecular formula is C21H29N6O3. The van der Waals surface area contributed by atoms with Gasteiger partial charge in [0.25, 0.3) is 0 Å². The number of H-pyrrole nitrogens is 1. The molecule has 0 bridgehead atoms. The lowest BCUT2D eigenvalue weighted by atomic mass is 9.98. The zero-order valence-electron chi connectivity index (χ0n) is 16.8. The van der Waals surface area contributed by atoms with Crippen LogP contribution < -0.4 is 22.1 Å². The van der Waals surface area contributed by atoms with Crippen LogP contribution in [-0.2, 0) is 20.8 Å². The van der Waals surface area contributed by atoms with Gasteiger partial charge >= 0.3 is 0 Å². The molecule has 2 aromatic rings. The third-order valence-corrected chi connectivity index (χ3v) is 4.52. The number of amides is 2. The summed E-state index contributed by atoms with van der Waals surface area (Å²) in [6.07, 6.45) is 6.69. The first-order chi connectivity index (χ1) is 14.5. The molecule has 7 N–H and O–H groups in total. The van der Waals surface area contributed by atoms with Crippen LogP contribution in [-0.4, -0.2) is 52.7 Å². The first-order valence-electron chi connectivity index (χ1n) is 9.94. The summed E-state index contributed by atoms with van der Waals surface area (Å²) < 4.78 is 0. The highest BCUT2D eigenvalue weighted by Crippen LogP contribution is 2.10. The number of ketones is 1. The quantitative estimate of drug-likeness (QED) is 0.287. The van der Waals surface area contributed by atoms with Crippen LogP contribution >= 0.6 is 0 Å². The molecule has 1 heterocycles. The van der Waals surface area contributed by atoms with Gasteiger partial charge in [-0.1, -0.05) is 30.3 Å². The van der Waals surface area contributed by atoms with E-state index in [9.17, 15) is 14.4 Å². The number of nitrogens with two attached hydrogens (primary N) is 2. The number of imidazole rings is 1. The summed E-state index contributed by atoms with van der Waals surface area (Å²) >= 11 is 0. The van der Waals surface area contributed by atoms with E-state index in [0.717, 1.165) is 12.0 Å². The Balaban J connectivity index is 2.09. The molecule has 1 radical (unpaired) electrons. The van der Waals surface area contributed by atoms with E-state index in [-0.39, 0.29) is 18.7 Å². The molecule has 0 aliphatic carbocycles. The van der Waals surface area contributed by atoms with Crippen molar-refractivity contribution in [2.45, 2.75) is 37.8 Å². The predicted molar refractivity (Wildman–Crippen MR) is 113 cm³/mol. The second-order valence-electron chi connectivity index (χ2n) is 6.89. The molecule has 30 heavy (non-hydrogen) atoms. The van der Waals surface area contributed by atoms with Crippen molar-refractivity contribution >= 4 is 17.6 Å². The molecule has 2 atom stereocenters. The average molecular weight is 414 g/mol. The van der Waals surface area contributed by atoms with Crippen molar-refractivity contribution < 1.29 is 14.4 Å². The van der Waals surface area contributed by atoms with Crippen LogP contribution in [0.2, 0.25) is 0 Å². The Kier molecular flexibility index (Phi) is 9.69. The van der Waals surface area contributed by atoms with Crippen molar-refractivity contribution in [1.29, 1.82) is 0 Å². The minimum Gasteiger partial charge on any atom is -0.351 e. The summed E-state index contributed by atoms with van der Waals surface area (Å²) in [7, 11) is 0. The number of nitrogens with zero attached hydrogens (tertiary/aromatic N) is 1. The molecule has 2 rings (SSSR count). The molecule has 1 aromatic carbocycles. The Bertz CT molecular complexity index is 794. The second kappa shape index (κ2) is 12.5. The summed E-state index contributed by atoms with van der Waals surface area (Å²) in [6, 6.07) is 7.55. The normalized spacial score (nSPS) is 12.7. The van der Waals surface area contributed by atoms with Gasteiger partial charge in [0, 0.05) is 12.6 Å². The number of rotatable bonds is 13. The summed E-state index contributed by atoms with van der Waals surface area (Å²) in [5.41, 5.74) is 12.3. The fourth-order valence-corrected chi connectivity index (χ4v) is 2.94. The van der Waals surface area contributed by atoms with Crippen molar-refractivity contribution in [2.24, 2.45) is 11.5 Å². The van der Waals surface area contributed by atoms with Gasteiger partial charge in [-0.05, 0) is 31.4 Å². The van der Waals surface area contributed by atoms with Gasteiger partial charge in [0.05, 0.1) is 31.0 Å². The maximum atomic E-state index is 12.9. The van der Waals surface area contributed by atoms with E-state index < -0.39 is 23.9 Å². The van der Waals surface area contributed by atoms with Crippen LogP contribution in [0.3, 0.4) is 0 Å². The third kappa shape index (κ3) is 7.76. The topological polar surface area (TPSA) is 156 Å². The molecule has 0 spiro atoms. The van der Waals surface area contributed by atoms with Crippen LogP contribution in [0, 0.1) is 6.42 Å². The van der Waals surface area contributed by atoms with Crippen LogP contribution in [0.25, 0.3) is 0 Å². The molecule has 0 unspecified atom stereocenters. The Morgan fingerprint density at radius 2 is 1.83 bits per heavy atom. The minimum atomic E-state index is -0.897. The number of nitrogens with one attached hydrogen (secondary N) is 3. The molecule has 2 amide bonds. The van der Waals surface area contributed by atoms with E-state index in [2.05, 4.69) is 20.6 Å². The SMILES string of the molecule is NCCCC[C@H](NC(=O)[C@H](Cc1c[nH]cn1)NC(=O)CN)C(=O)[CH]c1ccccc1. The lowest BCUT2D eigenvalue weighted by Gasteiger charge is -2.22. The summed E-state index contributed by atoms with van der Waals surface area (Å²) in [5.74, 6) is -1.14. The Morgan fingerprint density at radius 3 is 2.47 bits per heavy atom. The zero-order chi connectivity index (χ0) is 21.8. The molecular weight excluding hydrogens is 384 g/mol. The number of hydrogen-bond donors (Lipinski definition) is 5. The van der Waals surface area contributed by atoms with E-state index >= 15 is 0 Å². The summed E-state index contributed by atoms with van der Waals surface area (Å²) in [6.45, 7) is 0.261. The number of aromatic nitrogens is 2. The van der Waals surface area contributed by atoms with Crippen LogP contribution in [0.5, 0.6) is 0 Å². The standard InChI is InChI=1S/C21H29N6O3/c22-9-5-4-8-17(19(28)10-15-6-2-1-3-7-15)27-21(30)18(26-20(29)12-23)11-16-13-24-14-25-16/h1-3,6-7,10,13-14,17-18H,4-5,8-9,11-12,22-23H2,(H,24,25)(H,26,29)(H,27,30)/t17-,18-/m0/s1. The molecule has 1 aromatic heterocycles. The number of carbonyl (C=O) groups excluding carboxylic acids is 3. The van der Waals surface area contributed by atoms with Crippen molar-refractivity contribution in [2.75, 3.05) is 13.1 Å². The first kappa shape index (κ1) is 23.2. The van der Waals surface area contributed by atoms with Gasteiger partial charge in [0.2, 0.25) is 11.8 Å². The molecule has 0 fully saturated rings. The molecule has 9 heteroatoms. The molecule has 0 aliphatic heterocycles. The van der Waals surface area contributed by atoms with E-state index in [1.54, 1.807) is 6.20 Å². The maximum absolute atomic E-state index is 12.9. The van der Waals surface area contributed by atoms with Crippen LogP contribution in [0.4, 0.5) is 0 Å². The van der Waals surface area contributed by atoms with Gasteiger partial charge in [-0.15, -0.1) is 0 Å². The molecule has 0 saturated carbocycles. The Hall–Kier alpha value is -3.04. The van der Waals surface area contributed by atoms with E-state index in [1.807, 2.05) is 30.3 Å². The second-order valence-corrected chi connectivity index (χ2v) is 6.89. The number of carbonyl (C=O) groups is 3. The molecule has 161 valence electrons. The molecule has 0 aliphatic rings. The van der Waals surface area contributed by atoms with Gasteiger partial charge in [0.15, 0.2) is 5.78 Å². The lowest BCUT2D eigenvalue weighted by molar-refractivity contribution is -0.130. The van der Waals surface area contributed by atoms with Crippen molar-refractivity contribution in [3.8, 4) is 0 Å². The van der Waals surface area contributed by atoms with E-state index in [0.29, 0.717) is 25.1 Å². The number of hydrogen-bond acceptors (Lipinski definition) is 6. The smallest absolute Gasteiger partial charge is 0.243 e. The monoisotopic (exact) mass is 413 g/mol. The van der Waals surface area contributed by atoms with Gasteiger partial charge in [-0.25, -0.2) is 4.98 Å². The number of Topliss-reactive ketones (excluding diaryl/α,β-unsaturated/α-hetero) is 1. The molecule has 9 nitrogen and oxygen atoms in total. The van der Waals surface area contributed by atoms with Crippen molar-refractivity contribution in [3.63, 3.8) is 0 Å². The number of aromatic amines is 1. The number of unbranched alkanes of at least 4 members (excludes halogenated alkanes) is 1. The summed E-state index contributed by atoms with van der Waals surface area (Å²) in [4.78, 5) is 44.5. The predicted octanol–water partition coefficient (Wildman–Crippen LogP) is -0.169. The van der Waals surface area contributed by atoms with Gasteiger partial charge in [0.1, 0.15) is 6.04 Å². The fourth-order valence-electron chi connectivity index (χ4n) is 2.94. The van der Waals surface area contributed by atoms with Gasteiger partial charge in [-0.3, -0.25) is 14.4 Å². The highest BCUT2D eigenvalue weighted by molar-refractivity contribution is 5.98. The number of benzene rings is 1. The van der Waals surface area contributed by atoms with Crippen molar-refractivity contribution in [1.82, 2.24) is 20.6 Å². The highest BCUT2D eigenvalue weighted by Gasteiger charge is 2.27. The van der Waals surface area contributed by atoms with Crippen molar-refractivity contribution in [3.05, 3.63) is 60.5 Å². The van der Waals surface area contributed by atoms with Gasteiger partial charge in [-0.2, -0.15) is 0 Å². The average Bonchev–Trinajstić information content (AvgIpc) is 3.26. The fraction of sp³-hybridized carbons (Fsp3) is 0.381. The minimum absolute atomic E-state index is 0.174. The zero-order valence-corrected chi connectivity index (χ0v) is 16.8.